The summed E-state index contributed by atoms with van der Waals surface area (Å²) in [5, 5.41) is 4.52. The van der Waals surface area contributed by atoms with E-state index in [0.29, 0.717) is 41.8 Å². The number of nitrogens with zero attached hydrogens (tertiary/aromatic N) is 2. The Kier molecular flexibility index (Phi) is 7.83. The Morgan fingerprint density at radius 1 is 0.911 bits per heavy atom. The van der Waals surface area contributed by atoms with Crippen molar-refractivity contribution in [3.05, 3.63) is 83.4 Å². The molecule has 3 heterocycles. The largest absolute Gasteiger partial charge is 0.340 e. The third kappa shape index (κ3) is 6.06. The first-order chi connectivity index (χ1) is 21.6. The number of carbonyl (C=O) groups excluding carboxylic acids is 3. The van der Waals surface area contributed by atoms with Gasteiger partial charge in [0.1, 0.15) is 12.1 Å². The van der Waals surface area contributed by atoms with Crippen LogP contribution in [0.15, 0.2) is 66.7 Å². The summed E-state index contributed by atoms with van der Waals surface area (Å²) >= 11 is 0. The number of nitrogens with one attached hydrogen (secondary N) is 1. The van der Waals surface area contributed by atoms with Crippen molar-refractivity contribution in [3.8, 4) is 0 Å². The van der Waals surface area contributed by atoms with E-state index in [1.165, 1.54) is 5.56 Å². The number of carbonyl (C=O) groups is 3. The van der Waals surface area contributed by atoms with E-state index in [9.17, 15) is 28.7 Å². The van der Waals surface area contributed by atoms with Gasteiger partial charge in [0.2, 0.25) is 11.8 Å². The molecule has 4 aliphatic rings. The van der Waals surface area contributed by atoms with Crippen molar-refractivity contribution < 1.29 is 28.7 Å². The fourth-order valence-electron chi connectivity index (χ4n) is 8.04. The van der Waals surface area contributed by atoms with Crippen molar-refractivity contribution in [3.63, 3.8) is 0 Å². The van der Waals surface area contributed by atoms with Gasteiger partial charge in [0, 0.05) is 29.6 Å². The van der Waals surface area contributed by atoms with Crippen LogP contribution >= 0.6 is 7.60 Å². The lowest BCUT2D eigenvalue weighted by Crippen LogP contribution is -2.57. The maximum Gasteiger partial charge on any atom is 0.329 e. The molecule has 236 valence electrons. The zero-order valence-electron chi connectivity index (χ0n) is 25.3. The molecule has 1 saturated carbocycles. The van der Waals surface area contributed by atoms with E-state index in [2.05, 4.69) is 34.5 Å². The second kappa shape index (κ2) is 11.7. The van der Waals surface area contributed by atoms with Crippen LogP contribution in [0.1, 0.15) is 85.2 Å². The molecule has 3 aromatic carbocycles. The maximum atomic E-state index is 14.3. The molecule has 1 aliphatic carbocycles. The van der Waals surface area contributed by atoms with E-state index in [1.807, 2.05) is 11.0 Å². The molecule has 3 N–H and O–H groups in total. The molecule has 1 spiro atoms. The summed E-state index contributed by atoms with van der Waals surface area (Å²) in [7, 11) is -4.23. The van der Waals surface area contributed by atoms with Gasteiger partial charge >= 0.3 is 7.60 Å². The van der Waals surface area contributed by atoms with Gasteiger partial charge in [-0.15, -0.1) is 0 Å². The van der Waals surface area contributed by atoms with Gasteiger partial charge in [-0.3, -0.25) is 18.9 Å². The zero-order valence-corrected chi connectivity index (χ0v) is 26.2. The Hall–Kier alpha value is -3.52. The first kappa shape index (κ1) is 30.2. The van der Waals surface area contributed by atoms with E-state index in [-0.39, 0.29) is 35.5 Å². The van der Waals surface area contributed by atoms with Crippen molar-refractivity contribution in [2.24, 2.45) is 0 Å². The molecule has 3 saturated heterocycles. The number of benzene rings is 3. The summed E-state index contributed by atoms with van der Waals surface area (Å²) in [6.07, 6.45) is 7.20. The van der Waals surface area contributed by atoms with Gasteiger partial charge < -0.3 is 24.9 Å². The third-order valence-corrected chi connectivity index (χ3v) is 11.2. The molecular formula is C35H40N3O6P. The Morgan fingerprint density at radius 2 is 1.67 bits per heavy atom. The summed E-state index contributed by atoms with van der Waals surface area (Å²) in [6, 6.07) is 19.5. The molecule has 0 aromatic heterocycles. The quantitative estimate of drug-likeness (QED) is 0.326. The monoisotopic (exact) mass is 629 g/mol. The second-order valence-electron chi connectivity index (χ2n) is 13.5. The fourth-order valence-corrected chi connectivity index (χ4v) is 8.71. The highest BCUT2D eigenvalue weighted by atomic mass is 31.2. The van der Waals surface area contributed by atoms with E-state index in [0.717, 1.165) is 50.3 Å². The average molecular weight is 630 g/mol. The number of hydrogen-bond donors (Lipinski definition) is 3. The Bertz CT molecular complexity index is 1690. The van der Waals surface area contributed by atoms with Crippen LogP contribution < -0.4 is 5.32 Å². The van der Waals surface area contributed by atoms with Gasteiger partial charge in [0.25, 0.3) is 5.91 Å². The maximum absolute atomic E-state index is 14.3. The van der Waals surface area contributed by atoms with Crippen LogP contribution in [0.4, 0.5) is 0 Å². The standard InChI is InChI=1S/C35H40N3O6P/c39-32(26-13-12-25-11-10-23(18-27(25)19-26)22-45(42,43)44)36-30-9-5-4-8-29-14-15-31(38(29)33(30)40)34(41)37-21-28(20-35(37)16-17-35)24-6-2-1-3-7-24/h1-3,6-7,10-13,18-19,28-31H,4-5,8-9,14-17,20-22H2,(H,36,39)(H2,42,43,44)/t28?,29-,30-,31-/m0/s1. The summed E-state index contributed by atoms with van der Waals surface area (Å²) in [5.41, 5.74) is 2.03. The molecule has 0 radical (unpaired) electrons. The minimum Gasteiger partial charge on any atom is -0.340 e. The topological polar surface area (TPSA) is 127 Å². The molecule has 3 amide bonds. The van der Waals surface area contributed by atoms with Gasteiger partial charge in [-0.25, -0.2) is 0 Å². The predicted molar refractivity (Wildman–Crippen MR) is 171 cm³/mol. The van der Waals surface area contributed by atoms with Gasteiger partial charge in [0.05, 0.1) is 6.16 Å². The SMILES string of the molecule is O=C(N[C@H]1CCCC[C@H]2CC[C@@H](C(=O)N3CC(c4ccccc4)CC34CC4)N2C1=O)c1ccc2ccc(CP(=O)(O)O)cc2c1. The van der Waals surface area contributed by atoms with Crippen molar-refractivity contribution in [1.29, 1.82) is 0 Å². The summed E-state index contributed by atoms with van der Waals surface area (Å²) in [5.74, 6) is -0.179. The second-order valence-corrected chi connectivity index (χ2v) is 15.2. The van der Waals surface area contributed by atoms with Crippen LogP contribution in [0.5, 0.6) is 0 Å². The highest BCUT2D eigenvalue weighted by molar-refractivity contribution is 7.50. The molecule has 4 fully saturated rings. The highest BCUT2D eigenvalue weighted by Gasteiger charge is 2.58. The molecule has 0 bridgehead atoms. The Balaban J connectivity index is 1.09. The Morgan fingerprint density at radius 3 is 2.42 bits per heavy atom. The first-order valence-electron chi connectivity index (χ1n) is 16.2. The lowest BCUT2D eigenvalue weighted by Gasteiger charge is -2.37. The summed E-state index contributed by atoms with van der Waals surface area (Å²) < 4.78 is 11.5. The van der Waals surface area contributed by atoms with Crippen LogP contribution in [0, 0.1) is 0 Å². The van der Waals surface area contributed by atoms with Crippen molar-refractivity contribution in [2.45, 2.75) is 93.5 Å². The van der Waals surface area contributed by atoms with Crippen LogP contribution in [-0.2, 0) is 20.3 Å². The van der Waals surface area contributed by atoms with Crippen LogP contribution in [0.25, 0.3) is 10.8 Å². The van der Waals surface area contributed by atoms with Crippen molar-refractivity contribution in [1.82, 2.24) is 15.1 Å². The highest BCUT2D eigenvalue weighted by Crippen LogP contribution is 2.54. The van der Waals surface area contributed by atoms with Gasteiger partial charge in [-0.1, -0.05) is 67.4 Å². The average Bonchev–Trinajstić information content (AvgIpc) is 3.50. The predicted octanol–water partition coefficient (Wildman–Crippen LogP) is 5.10. The summed E-state index contributed by atoms with van der Waals surface area (Å²) in [4.78, 5) is 64.7. The normalized spacial score (nSPS) is 26.0. The van der Waals surface area contributed by atoms with E-state index in [1.54, 1.807) is 36.4 Å². The van der Waals surface area contributed by atoms with Crippen molar-refractivity contribution >= 4 is 36.1 Å². The lowest BCUT2D eigenvalue weighted by molar-refractivity contribution is -0.148. The van der Waals surface area contributed by atoms with Crippen LogP contribution in [0.3, 0.4) is 0 Å². The molecular weight excluding hydrogens is 589 g/mol. The molecule has 3 aromatic rings. The molecule has 45 heavy (non-hydrogen) atoms. The molecule has 9 nitrogen and oxygen atoms in total. The van der Waals surface area contributed by atoms with Crippen molar-refractivity contribution in [2.75, 3.05) is 6.54 Å². The molecule has 4 atom stereocenters. The van der Waals surface area contributed by atoms with E-state index in [4.69, 9.17) is 0 Å². The number of fused-ring (bicyclic) bond motifs is 2. The molecule has 7 rings (SSSR count). The third-order valence-electron chi connectivity index (χ3n) is 10.4. The lowest BCUT2D eigenvalue weighted by atomic mass is 9.96. The fraction of sp³-hybridized carbons (Fsp3) is 0.457. The number of hydrogen-bond acceptors (Lipinski definition) is 4. The zero-order chi connectivity index (χ0) is 31.3. The molecule has 3 aliphatic heterocycles. The molecule has 10 heteroatoms. The smallest absolute Gasteiger partial charge is 0.329 e. The van der Waals surface area contributed by atoms with Crippen LogP contribution in [-0.4, -0.2) is 67.5 Å². The summed E-state index contributed by atoms with van der Waals surface area (Å²) in [6.45, 7) is 0.685. The number of likely N-dealkylation sites (tertiary alicyclic amines) is 1. The van der Waals surface area contributed by atoms with Gasteiger partial charge in [0.15, 0.2) is 0 Å². The Labute approximate surface area is 263 Å². The van der Waals surface area contributed by atoms with Gasteiger partial charge in [-0.2, -0.15) is 0 Å². The minimum absolute atomic E-state index is 0.00180. The minimum atomic E-state index is -4.23. The number of amides is 3. The van der Waals surface area contributed by atoms with Crippen LogP contribution in [0.2, 0.25) is 0 Å². The first-order valence-corrected chi connectivity index (χ1v) is 18.0. The number of rotatable bonds is 6. The molecule has 1 unspecified atom stereocenters. The van der Waals surface area contributed by atoms with E-state index >= 15 is 0 Å². The van der Waals surface area contributed by atoms with E-state index < -0.39 is 19.7 Å². The van der Waals surface area contributed by atoms with Gasteiger partial charge in [-0.05, 0) is 79.0 Å².